The van der Waals surface area contributed by atoms with Crippen LogP contribution in [-0.4, -0.2) is 86.7 Å². The summed E-state index contributed by atoms with van der Waals surface area (Å²) in [5.41, 5.74) is 1.13. The number of ether oxygens (including phenoxy) is 1. The first-order valence-corrected chi connectivity index (χ1v) is 9.83. The predicted octanol–water partition coefficient (Wildman–Crippen LogP) is 1.40. The molecule has 3 heterocycles. The molecule has 0 bridgehead atoms. The van der Waals surface area contributed by atoms with Crippen molar-refractivity contribution < 1.29 is 9.53 Å². The fraction of sp³-hybridized carbons (Fsp3) is 0.722. The van der Waals surface area contributed by atoms with Crippen LogP contribution < -0.4 is 0 Å². The molecular weight excluding hydrogens is 322 g/mol. The third-order valence-electron chi connectivity index (χ3n) is 5.08. The molecule has 0 saturated carbocycles. The molecule has 0 radical (unpaired) electrons. The number of rotatable bonds is 5. The molecule has 0 N–H and O–H groups in total. The molecule has 2 saturated heterocycles. The summed E-state index contributed by atoms with van der Waals surface area (Å²) < 4.78 is 6.11. The molecule has 2 aliphatic heterocycles. The van der Waals surface area contributed by atoms with Crippen molar-refractivity contribution in [3.05, 3.63) is 22.4 Å². The van der Waals surface area contributed by atoms with Crippen LogP contribution >= 0.6 is 11.3 Å². The van der Waals surface area contributed by atoms with Crippen molar-refractivity contribution in [2.24, 2.45) is 5.92 Å². The third kappa shape index (κ3) is 4.79. The van der Waals surface area contributed by atoms with Gasteiger partial charge in [0.2, 0.25) is 5.91 Å². The number of likely N-dealkylation sites (N-methyl/N-ethyl adjacent to an activating group) is 1. The first kappa shape index (κ1) is 17.9. The minimum absolute atomic E-state index is 0.203. The van der Waals surface area contributed by atoms with Crippen LogP contribution in [-0.2, 0) is 16.0 Å². The second kappa shape index (κ2) is 8.43. The van der Waals surface area contributed by atoms with Crippen molar-refractivity contribution in [3.8, 4) is 0 Å². The molecule has 2 atom stereocenters. The Morgan fingerprint density at radius 2 is 2.25 bits per heavy atom. The van der Waals surface area contributed by atoms with Crippen molar-refractivity contribution in [2.75, 3.05) is 60.0 Å². The maximum Gasteiger partial charge on any atom is 0.227 e. The van der Waals surface area contributed by atoms with E-state index in [0.717, 1.165) is 57.9 Å². The van der Waals surface area contributed by atoms with Gasteiger partial charge in [-0.1, -0.05) is 0 Å². The Morgan fingerprint density at radius 3 is 3.00 bits per heavy atom. The van der Waals surface area contributed by atoms with Crippen LogP contribution in [0.4, 0.5) is 0 Å². The van der Waals surface area contributed by atoms with E-state index < -0.39 is 0 Å². The number of hydrogen-bond acceptors (Lipinski definition) is 5. The average molecular weight is 352 g/mol. The first-order chi connectivity index (χ1) is 11.6. The maximum absolute atomic E-state index is 12.5. The van der Waals surface area contributed by atoms with Crippen LogP contribution in [0.5, 0.6) is 0 Å². The fourth-order valence-electron chi connectivity index (χ4n) is 3.57. The number of carbonyl (C=O) groups excluding carboxylic acids is 1. The first-order valence-electron chi connectivity index (χ1n) is 8.89. The third-order valence-corrected chi connectivity index (χ3v) is 5.81. The van der Waals surface area contributed by atoms with Gasteiger partial charge in [0.1, 0.15) is 0 Å². The van der Waals surface area contributed by atoms with E-state index in [9.17, 15) is 4.79 Å². The fourth-order valence-corrected chi connectivity index (χ4v) is 4.24. The van der Waals surface area contributed by atoms with Crippen molar-refractivity contribution in [1.29, 1.82) is 0 Å². The van der Waals surface area contributed by atoms with E-state index in [1.807, 2.05) is 16.3 Å². The number of amides is 1. The Labute approximate surface area is 149 Å². The molecule has 1 aromatic rings. The molecule has 5 nitrogen and oxygen atoms in total. The van der Waals surface area contributed by atoms with Crippen LogP contribution in [0.1, 0.15) is 12.0 Å². The molecule has 0 aromatic carbocycles. The molecule has 0 unspecified atom stereocenters. The largest absolute Gasteiger partial charge is 0.375 e. The van der Waals surface area contributed by atoms with Crippen LogP contribution in [0.25, 0.3) is 0 Å². The van der Waals surface area contributed by atoms with Crippen molar-refractivity contribution in [1.82, 2.24) is 14.7 Å². The Bertz CT molecular complexity index is 520. The molecule has 24 heavy (non-hydrogen) atoms. The topological polar surface area (TPSA) is 36.0 Å². The van der Waals surface area contributed by atoms with E-state index in [2.05, 4.69) is 29.3 Å². The number of piperidine rings is 1. The molecule has 1 amide bonds. The molecular formula is C18H29N3O2S. The molecule has 0 aliphatic carbocycles. The standard InChI is InChI=1S/C18H29N3O2S/c1-19(2)6-7-20-8-9-23-17-13-21(5-3-16(17)12-20)18(22)11-15-4-10-24-14-15/h4,10,14,16-17H,3,5-9,11-13H2,1-2H3/t16-,17+/m1/s1. The summed E-state index contributed by atoms with van der Waals surface area (Å²) in [5.74, 6) is 0.795. The van der Waals surface area contributed by atoms with E-state index in [-0.39, 0.29) is 12.0 Å². The van der Waals surface area contributed by atoms with Crippen LogP contribution in [0.2, 0.25) is 0 Å². The van der Waals surface area contributed by atoms with Gasteiger partial charge in [-0.15, -0.1) is 0 Å². The van der Waals surface area contributed by atoms with Crippen molar-refractivity contribution >= 4 is 17.2 Å². The summed E-state index contributed by atoms with van der Waals surface area (Å²) in [5, 5.41) is 4.10. The van der Waals surface area contributed by atoms with E-state index in [0.29, 0.717) is 12.3 Å². The Hall–Kier alpha value is -0.950. The van der Waals surface area contributed by atoms with E-state index >= 15 is 0 Å². The summed E-state index contributed by atoms with van der Waals surface area (Å²) in [7, 11) is 4.24. The van der Waals surface area contributed by atoms with Gasteiger partial charge < -0.3 is 14.5 Å². The van der Waals surface area contributed by atoms with Gasteiger partial charge in [-0.05, 0) is 42.9 Å². The van der Waals surface area contributed by atoms with E-state index in [1.54, 1.807) is 11.3 Å². The zero-order chi connectivity index (χ0) is 16.9. The zero-order valence-electron chi connectivity index (χ0n) is 14.8. The van der Waals surface area contributed by atoms with Gasteiger partial charge >= 0.3 is 0 Å². The van der Waals surface area contributed by atoms with E-state index in [4.69, 9.17) is 4.74 Å². The summed E-state index contributed by atoms with van der Waals surface area (Å²) >= 11 is 1.65. The number of fused-ring (bicyclic) bond motifs is 1. The minimum Gasteiger partial charge on any atom is -0.375 e. The van der Waals surface area contributed by atoms with Crippen molar-refractivity contribution in [3.63, 3.8) is 0 Å². The second-order valence-electron chi connectivity index (χ2n) is 7.21. The van der Waals surface area contributed by atoms with Crippen molar-refractivity contribution in [2.45, 2.75) is 18.9 Å². The van der Waals surface area contributed by atoms with Gasteiger partial charge in [0.05, 0.1) is 19.1 Å². The lowest BCUT2D eigenvalue weighted by molar-refractivity contribution is -0.136. The molecule has 6 heteroatoms. The molecule has 2 aliphatic rings. The van der Waals surface area contributed by atoms with Crippen LogP contribution in [0.3, 0.4) is 0 Å². The summed E-state index contributed by atoms with van der Waals surface area (Å²) in [6, 6.07) is 2.04. The van der Waals surface area contributed by atoms with Crippen LogP contribution in [0.15, 0.2) is 16.8 Å². The highest BCUT2D eigenvalue weighted by molar-refractivity contribution is 7.07. The monoisotopic (exact) mass is 351 g/mol. The van der Waals surface area contributed by atoms with Gasteiger partial charge in [-0.3, -0.25) is 9.69 Å². The number of nitrogens with zero attached hydrogens (tertiary/aromatic N) is 3. The zero-order valence-corrected chi connectivity index (χ0v) is 15.6. The van der Waals surface area contributed by atoms with Gasteiger partial charge in [-0.2, -0.15) is 11.3 Å². The van der Waals surface area contributed by atoms with Gasteiger partial charge in [0.15, 0.2) is 0 Å². The maximum atomic E-state index is 12.5. The summed E-state index contributed by atoms with van der Waals surface area (Å²) in [6.45, 7) is 6.70. The van der Waals surface area contributed by atoms with E-state index in [1.165, 1.54) is 0 Å². The van der Waals surface area contributed by atoms with Gasteiger partial charge in [0.25, 0.3) is 0 Å². The molecule has 0 spiro atoms. The van der Waals surface area contributed by atoms with Crippen LogP contribution in [0, 0.1) is 5.92 Å². The van der Waals surface area contributed by atoms with Gasteiger partial charge in [0, 0.05) is 45.2 Å². The lowest BCUT2D eigenvalue weighted by Gasteiger charge is -2.38. The Kier molecular flexibility index (Phi) is 6.27. The lowest BCUT2D eigenvalue weighted by atomic mass is 9.93. The second-order valence-corrected chi connectivity index (χ2v) is 7.99. The SMILES string of the molecule is CN(C)CCN1CCO[C@H]2CN(C(=O)Cc3ccsc3)CC[C@@H]2C1. The highest BCUT2D eigenvalue weighted by atomic mass is 32.1. The molecule has 134 valence electrons. The number of carbonyl (C=O) groups is 1. The molecule has 1 aromatic heterocycles. The summed E-state index contributed by atoms with van der Waals surface area (Å²) in [6.07, 6.45) is 1.78. The smallest absolute Gasteiger partial charge is 0.227 e. The average Bonchev–Trinajstić information content (AvgIpc) is 2.97. The highest BCUT2D eigenvalue weighted by Gasteiger charge is 2.34. The quantitative estimate of drug-likeness (QED) is 0.803. The Morgan fingerprint density at radius 1 is 1.38 bits per heavy atom. The lowest BCUT2D eigenvalue weighted by Crippen LogP contribution is -2.49. The predicted molar refractivity (Wildman–Crippen MR) is 97.4 cm³/mol. The number of thiophene rings is 1. The molecule has 2 fully saturated rings. The number of likely N-dealkylation sites (tertiary alicyclic amines) is 1. The normalized spacial score (nSPS) is 25.5. The summed E-state index contributed by atoms with van der Waals surface area (Å²) in [4.78, 5) is 19.3. The molecule has 3 rings (SSSR count). The highest BCUT2D eigenvalue weighted by Crippen LogP contribution is 2.24. The van der Waals surface area contributed by atoms with Gasteiger partial charge in [-0.25, -0.2) is 0 Å². The Balaban J connectivity index is 1.51. The minimum atomic E-state index is 0.203. The number of hydrogen-bond donors (Lipinski definition) is 0.